The molecule has 0 unspecified atom stereocenters. The standard InChI is InChI=1S/C7H16N2O/c1-9-4-5-10-6-7(9)2-3-8/h7H,2-6,8H2,1H3/t7-/m1/s1. The van der Waals surface area contributed by atoms with Gasteiger partial charge in [0.25, 0.3) is 0 Å². The van der Waals surface area contributed by atoms with Crippen molar-refractivity contribution in [2.75, 3.05) is 33.4 Å². The lowest BCUT2D eigenvalue weighted by Crippen LogP contribution is -2.43. The fourth-order valence-electron chi connectivity index (χ4n) is 1.23. The predicted octanol–water partition coefficient (Wildman–Crippen LogP) is -0.334. The second-order valence-corrected chi connectivity index (χ2v) is 2.79. The Hall–Kier alpha value is -0.120. The Morgan fingerprint density at radius 1 is 1.70 bits per heavy atom. The molecule has 0 spiro atoms. The SMILES string of the molecule is CN1CCOC[C@H]1CCN. The van der Waals surface area contributed by atoms with Gasteiger partial charge in [-0.1, -0.05) is 0 Å². The normalized spacial score (nSPS) is 28.8. The summed E-state index contributed by atoms with van der Waals surface area (Å²) in [7, 11) is 2.13. The van der Waals surface area contributed by atoms with E-state index in [4.69, 9.17) is 10.5 Å². The number of hydrogen-bond donors (Lipinski definition) is 1. The number of hydrogen-bond acceptors (Lipinski definition) is 3. The van der Waals surface area contributed by atoms with E-state index in [1.165, 1.54) is 0 Å². The molecule has 1 atom stereocenters. The molecule has 0 radical (unpaired) electrons. The van der Waals surface area contributed by atoms with E-state index >= 15 is 0 Å². The summed E-state index contributed by atoms with van der Waals surface area (Å²) >= 11 is 0. The molecular formula is C7H16N2O. The maximum Gasteiger partial charge on any atom is 0.0622 e. The summed E-state index contributed by atoms with van der Waals surface area (Å²) in [5.41, 5.74) is 5.44. The highest BCUT2D eigenvalue weighted by atomic mass is 16.5. The Labute approximate surface area is 62.1 Å². The molecule has 0 aromatic rings. The lowest BCUT2D eigenvalue weighted by Gasteiger charge is -2.31. The number of morpholine rings is 1. The first-order valence-corrected chi connectivity index (χ1v) is 3.82. The molecule has 3 nitrogen and oxygen atoms in total. The van der Waals surface area contributed by atoms with Crippen LogP contribution in [0.5, 0.6) is 0 Å². The van der Waals surface area contributed by atoms with Crippen molar-refractivity contribution < 1.29 is 4.74 Å². The van der Waals surface area contributed by atoms with Crippen molar-refractivity contribution in [3.63, 3.8) is 0 Å². The van der Waals surface area contributed by atoms with Crippen LogP contribution in [0.25, 0.3) is 0 Å². The van der Waals surface area contributed by atoms with E-state index in [1.54, 1.807) is 0 Å². The molecule has 1 aliphatic heterocycles. The van der Waals surface area contributed by atoms with Crippen LogP contribution in [0.15, 0.2) is 0 Å². The fourth-order valence-corrected chi connectivity index (χ4v) is 1.23. The molecule has 0 amide bonds. The number of nitrogens with two attached hydrogens (primary N) is 1. The van der Waals surface area contributed by atoms with E-state index in [2.05, 4.69) is 11.9 Å². The summed E-state index contributed by atoms with van der Waals surface area (Å²) < 4.78 is 5.31. The number of nitrogens with zero attached hydrogens (tertiary/aromatic N) is 1. The van der Waals surface area contributed by atoms with Crippen LogP contribution in [0.2, 0.25) is 0 Å². The van der Waals surface area contributed by atoms with Gasteiger partial charge in [-0.2, -0.15) is 0 Å². The maximum atomic E-state index is 5.44. The summed E-state index contributed by atoms with van der Waals surface area (Å²) in [4.78, 5) is 2.32. The molecule has 60 valence electrons. The molecule has 1 fully saturated rings. The summed E-state index contributed by atoms with van der Waals surface area (Å²) in [6.07, 6.45) is 1.05. The zero-order valence-corrected chi connectivity index (χ0v) is 6.55. The first-order valence-electron chi connectivity index (χ1n) is 3.82. The van der Waals surface area contributed by atoms with E-state index in [9.17, 15) is 0 Å². The molecule has 0 aromatic heterocycles. The second-order valence-electron chi connectivity index (χ2n) is 2.79. The van der Waals surface area contributed by atoms with Gasteiger partial charge in [0.15, 0.2) is 0 Å². The third-order valence-electron chi connectivity index (χ3n) is 2.02. The van der Waals surface area contributed by atoms with Gasteiger partial charge in [-0.25, -0.2) is 0 Å². The first-order chi connectivity index (χ1) is 4.84. The molecule has 3 heteroatoms. The topological polar surface area (TPSA) is 38.5 Å². The van der Waals surface area contributed by atoms with Crippen molar-refractivity contribution in [2.24, 2.45) is 5.73 Å². The van der Waals surface area contributed by atoms with E-state index in [-0.39, 0.29) is 0 Å². The minimum absolute atomic E-state index is 0.554. The highest BCUT2D eigenvalue weighted by molar-refractivity contribution is 4.71. The quantitative estimate of drug-likeness (QED) is 0.576. The largest absolute Gasteiger partial charge is 0.378 e. The summed E-state index contributed by atoms with van der Waals surface area (Å²) in [5, 5.41) is 0. The number of ether oxygens (including phenoxy) is 1. The molecule has 1 heterocycles. The van der Waals surface area contributed by atoms with Gasteiger partial charge in [-0.05, 0) is 20.0 Å². The maximum absolute atomic E-state index is 5.44. The molecule has 1 saturated heterocycles. The highest BCUT2D eigenvalue weighted by Gasteiger charge is 2.17. The average molecular weight is 144 g/mol. The van der Waals surface area contributed by atoms with Crippen molar-refractivity contribution in [2.45, 2.75) is 12.5 Å². The van der Waals surface area contributed by atoms with Crippen molar-refractivity contribution in [3.8, 4) is 0 Å². The zero-order chi connectivity index (χ0) is 7.40. The van der Waals surface area contributed by atoms with Crippen LogP contribution in [0.1, 0.15) is 6.42 Å². The van der Waals surface area contributed by atoms with Crippen LogP contribution >= 0.6 is 0 Å². The van der Waals surface area contributed by atoms with Gasteiger partial charge in [0.05, 0.1) is 13.2 Å². The third-order valence-corrected chi connectivity index (χ3v) is 2.02. The Kier molecular flexibility index (Phi) is 3.12. The Bertz CT molecular complexity index is 95.6. The molecule has 2 N–H and O–H groups in total. The van der Waals surface area contributed by atoms with E-state index < -0.39 is 0 Å². The predicted molar refractivity (Wildman–Crippen MR) is 40.9 cm³/mol. The lowest BCUT2D eigenvalue weighted by molar-refractivity contribution is 0.00390. The minimum Gasteiger partial charge on any atom is -0.378 e. The van der Waals surface area contributed by atoms with Crippen molar-refractivity contribution in [1.82, 2.24) is 4.90 Å². The van der Waals surface area contributed by atoms with Crippen molar-refractivity contribution >= 4 is 0 Å². The Balaban J connectivity index is 2.25. The van der Waals surface area contributed by atoms with Gasteiger partial charge in [0.1, 0.15) is 0 Å². The monoisotopic (exact) mass is 144 g/mol. The zero-order valence-electron chi connectivity index (χ0n) is 6.55. The molecule has 10 heavy (non-hydrogen) atoms. The third kappa shape index (κ3) is 1.94. The van der Waals surface area contributed by atoms with Gasteiger partial charge in [-0.3, -0.25) is 4.90 Å². The van der Waals surface area contributed by atoms with Gasteiger partial charge in [0, 0.05) is 12.6 Å². The Morgan fingerprint density at radius 2 is 2.50 bits per heavy atom. The van der Waals surface area contributed by atoms with E-state index in [0.29, 0.717) is 6.04 Å². The van der Waals surface area contributed by atoms with Crippen LogP contribution in [0.3, 0.4) is 0 Å². The Morgan fingerprint density at radius 3 is 3.10 bits per heavy atom. The summed E-state index contributed by atoms with van der Waals surface area (Å²) in [6, 6.07) is 0.554. The van der Waals surface area contributed by atoms with Crippen LogP contribution < -0.4 is 5.73 Å². The molecule has 1 aliphatic rings. The first kappa shape index (κ1) is 7.98. The lowest BCUT2D eigenvalue weighted by atomic mass is 10.2. The molecular weight excluding hydrogens is 128 g/mol. The van der Waals surface area contributed by atoms with Crippen molar-refractivity contribution in [3.05, 3.63) is 0 Å². The van der Waals surface area contributed by atoms with E-state index in [1.807, 2.05) is 0 Å². The van der Waals surface area contributed by atoms with Crippen LogP contribution in [-0.2, 0) is 4.74 Å². The van der Waals surface area contributed by atoms with Gasteiger partial charge >= 0.3 is 0 Å². The van der Waals surface area contributed by atoms with E-state index in [0.717, 1.165) is 32.7 Å². The van der Waals surface area contributed by atoms with Crippen LogP contribution in [0.4, 0.5) is 0 Å². The van der Waals surface area contributed by atoms with Gasteiger partial charge in [0.2, 0.25) is 0 Å². The molecule has 1 rings (SSSR count). The molecule has 0 aromatic carbocycles. The smallest absolute Gasteiger partial charge is 0.0622 e. The van der Waals surface area contributed by atoms with Crippen LogP contribution in [0, 0.1) is 0 Å². The molecule has 0 aliphatic carbocycles. The van der Waals surface area contributed by atoms with Crippen molar-refractivity contribution in [1.29, 1.82) is 0 Å². The summed E-state index contributed by atoms with van der Waals surface area (Å²) in [5.74, 6) is 0. The number of likely N-dealkylation sites (N-methyl/N-ethyl adjacent to an activating group) is 1. The van der Waals surface area contributed by atoms with Crippen LogP contribution in [-0.4, -0.2) is 44.3 Å². The summed E-state index contributed by atoms with van der Waals surface area (Å²) in [6.45, 7) is 3.54. The van der Waals surface area contributed by atoms with Gasteiger partial charge < -0.3 is 10.5 Å². The highest BCUT2D eigenvalue weighted by Crippen LogP contribution is 2.05. The fraction of sp³-hybridized carbons (Fsp3) is 1.00. The second kappa shape index (κ2) is 3.91. The molecule has 0 saturated carbocycles. The average Bonchev–Trinajstić information content (AvgIpc) is 1.94. The number of rotatable bonds is 2. The van der Waals surface area contributed by atoms with Gasteiger partial charge in [-0.15, -0.1) is 0 Å². The molecule has 0 bridgehead atoms. The minimum atomic E-state index is 0.554.